The van der Waals surface area contributed by atoms with Gasteiger partial charge in [-0.1, -0.05) is 39.7 Å². The second-order valence-electron chi connectivity index (χ2n) is 4.28. The lowest BCUT2D eigenvalue weighted by atomic mass is 10.1. The maximum atomic E-state index is 12.0. The van der Waals surface area contributed by atoms with E-state index in [1.54, 1.807) is 49.4 Å². The molecule has 0 bridgehead atoms. The Hall–Kier alpha value is -1.85. The number of rotatable bonds is 3. The van der Waals surface area contributed by atoms with Gasteiger partial charge in [-0.3, -0.25) is 4.79 Å². The van der Waals surface area contributed by atoms with Gasteiger partial charge in [0.2, 0.25) is 0 Å². The summed E-state index contributed by atoms with van der Waals surface area (Å²) >= 11 is 9.26. The molecule has 6 heteroatoms. The number of aromatic hydroxyl groups is 1. The van der Waals surface area contributed by atoms with Gasteiger partial charge in [-0.2, -0.15) is 5.10 Å². The minimum absolute atomic E-state index is 0.0893. The predicted octanol–water partition coefficient (Wildman–Crippen LogP) is 3.96. The normalized spacial score (nSPS) is 11.3. The van der Waals surface area contributed by atoms with Crippen molar-refractivity contribution in [2.24, 2.45) is 5.10 Å². The van der Waals surface area contributed by atoms with Crippen molar-refractivity contribution in [2.45, 2.75) is 6.92 Å². The highest BCUT2D eigenvalue weighted by Crippen LogP contribution is 2.22. The first-order valence-corrected chi connectivity index (χ1v) is 7.24. The van der Waals surface area contributed by atoms with Crippen LogP contribution in [0.5, 0.6) is 5.75 Å². The highest BCUT2D eigenvalue weighted by molar-refractivity contribution is 9.10. The molecule has 1 amide bonds. The summed E-state index contributed by atoms with van der Waals surface area (Å²) in [5.74, 6) is -0.319. The standard InChI is InChI=1S/C15H12BrClN2O2/c1-9(12-8-10(16)6-7-14(12)20)18-19-15(21)11-4-2-3-5-13(11)17/h2-8,20H,1H3,(H,19,21). The molecule has 0 aliphatic carbocycles. The monoisotopic (exact) mass is 366 g/mol. The summed E-state index contributed by atoms with van der Waals surface area (Å²) in [6, 6.07) is 11.7. The summed E-state index contributed by atoms with van der Waals surface area (Å²) in [6.07, 6.45) is 0. The minimum Gasteiger partial charge on any atom is -0.507 e. The van der Waals surface area contributed by atoms with Crippen LogP contribution in [0, 0.1) is 0 Å². The Morgan fingerprint density at radius 2 is 1.95 bits per heavy atom. The van der Waals surface area contributed by atoms with E-state index < -0.39 is 5.91 Å². The van der Waals surface area contributed by atoms with Crippen LogP contribution < -0.4 is 5.43 Å². The number of nitrogens with one attached hydrogen (secondary N) is 1. The first kappa shape index (κ1) is 15.5. The van der Waals surface area contributed by atoms with Crippen LogP contribution in [-0.4, -0.2) is 16.7 Å². The highest BCUT2D eigenvalue weighted by atomic mass is 79.9. The van der Waals surface area contributed by atoms with Gasteiger partial charge in [-0.15, -0.1) is 0 Å². The molecule has 0 spiro atoms. The van der Waals surface area contributed by atoms with E-state index in [0.717, 1.165) is 4.47 Å². The van der Waals surface area contributed by atoms with Crippen LogP contribution in [0.3, 0.4) is 0 Å². The first-order chi connectivity index (χ1) is 9.99. The third-order valence-electron chi connectivity index (χ3n) is 2.79. The zero-order chi connectivity index (χ0) is 15.4. The lowest BCUT2D eigenvalue weighted by molar-refractivity contribution is 0.0955. The lowest BCUT2D eigenvalue weighted by Crippen LogP contribution is -2.19. The molecule has 108 valence electrons. The Labute approximate surface area is 135 Å². The zero-order valence-corrected chi connectivity index (χ0v) is 13.4. The molecule has 0 saturated heterocycles. The summed E-state index contributed by atoms with van der Waals surface area (Å²) < 4.78 is 0.808. The average Bonchev–Trinajstić information content (AvgIpc) is 2.47. The molecular weight excluding hydrogens is 356 g/mol. The molecule has 0 unspecified atom stereocenters. The molecular formula is C15H12BrClN2O2. The van der Waals surface area contributed by atoms with Crippen LogP contribution in [-0.2, 0) is 0 Å². The number of carbonyl (C=O) groups is 1. The maximum Gasteiger partial charge on any atom is 0.272 e. The van der Waals surface area contributed by atoms with Crippen molar-refractivity contribution in [3.05, 3.63) is 63.1 Å². The molecule has 0 radical (unpaired) electrons. The molecule has 0 heterocycles. The summed E-state index contributed by atoms with van der Waals surface area (Å²) in [4.78, 5) is 12.0. The van der Waals surface area contributed by atoms with Crippen LogP contribution in [0.15, 0.2) is 52.0 Å². The van der Waals surface area contributed by atoms with E-state index in [2.05, 4.69) is 26.5 Å². The zero-order valence-electron chi connectivity index (χ0n) is 11.1. The van der Waals surface area contributed by atoms with Crippen LogP contribution >= 0.6 is 27.5 Å². The molecule has 0 saturated carbocycles. The quantitative estimate of drug-likeness (QED) is 0.637. The fourth-order valence-corrected chi connectivity index (χ4v) is 2.28. The van der Waals surface area contributed by atoms with Gasteiger partial charge in [0, 0.05) is 10.0 Å². The Kier molecular flexibility index (Phi) is 4.98. The van der Waals surface area contributed by atoms with Gasteiger partial charge in [-0.25, -0.2) is 5.43 Å². The van der Waals surface area contributed by atoms with E-state index in [1.165, 1.54) is 0 Å². The van der Waals surface area contributed by atoms with E-state index in [-0.39, 0.29) is 5.75 Å². The molecule has 2 N–H and O–H groups in total. The Balaban J connectivity index is 2.19. The number of phenols is 1. The lowest BCUT2D eigenvalue weighted by Gasteiger charge is -2.06. The number of amides is 1. The topological polar surface area (TPSA) is 61.7 Å². The second kappa shape index (κ2) is 6.74. The van der Waals surface area contributed by atoms with Gasteiger partial charge in [-0.05, 0) is 37.3 Å². The van der Waals surface area contributed by atoms with Gasteiger partial charge >= 0.3 is 0 Å². The molecule has 0 aliphatic rings. The van der Waals surface area contributed by atoms with E-state index in [1.807, 2.05) is 0 Å². The summed E-state index contributed by atoms with van der Waals surface area (Å²) in [7, 11) is 0. The number of hydrogen-bond acceptors (Lipinski definition) is 3. The largest absolute Gasteiger partial charge is 0.507 e. The van der Waals surface area contributed by atoms with Crippen molar-refractivity contribution in [2.75, 3.05) is 0 Å². The van der Waals surface area contributed by atoms with Crippen LogP contribution in [0.25, 0.3) is 0 Å². The smallest absolute Gasteiger partial charge is 0.272 e. The van der Waals surface area contributed by atoms with Crippen molar-refractivity contribution in [3.63, 3.8) is 0 Å². The van der Waals surface area contributed by atoms with Gasteiger partial charge in [0.25, 0.3) is 5.91 Å². The molecule has 0 atom stereocenters. The van der Waals surface area contributed by atoms with Crippen LogP contribution in [0.4, 0.5) is 0 Å². The first-order valence-electron chi connectivity index (χ1n) is 6.07. The number of benzene rings is 2. The molecule has 0 fully saturated rings. The number of phenolic OH excluding ortho intramolecular Hbond substituents is 1. The number of nitrogens with zero attached hydrogens (tertiary/aromatic N) is 1. The van der Waals surface area contributed by atoms with Crippen molar-refractivity contribution < 1.29 is 9.90 Å². The third kappa shape index (κ3) is 3.83. The second-order valence-corrected chi connectivity index (χ2v) is 5.60. The molecule has 2 aromatic carbocycles. The summed E-state index contributed by atoms with van der Waals surface area (Å²) in [6.45, 7) is 1.69. The Bertz CT molecular complexity index is 717. The Morgan fingerprint density at radius 1 is 1.24 bits per heavy atom. The maximum absolute atomic E-state index is 12.0. The average molecular weight is 368 g/mol. The number of hydrazone groups is 1. The van der Waals surface area contributed by atoms with Gasteiger partial charge < -0.3 is 5.11 Å². The van der Waals surface area contributed by atoms with E-state index >= 15 is 0 Å². The van der Waals surface area contributed by atoms with E-state index in [4.69, 9.17) is 11.6 Å². The number of halogens is 2. The fourth-order valence-electron chi connectivity index (χ4n) is 1.70. The highest BCUT2D eigenvalue weighted by Gasteiger charge is 2.10. The number of carbonyl (C=O) groups excluding carboxylic acids is 1. The molecule has 2 rings (SSSR count). The van der Waals surface area contributed by atoms with Gasteiger partial charge in [0.15, 0.2) is 0 Å². The van der Waals surface area contributed by atoms with Gasteiger partial charge in [0.1, 0.15) is 5.75 Å². The molecule has 21 heavy (non-hydrogen) atoms. The predicted molar refractivity (Wildman–Crippen MR) is 86.9 cm³/mol. The molecule has 0 aromatic heterocycles. The molecule has 0 aliphatic heterocycles. The number of hydrogen-bond donors (Lipinski definition) is 2. The Morgan fingerprint density at radius 3 is 2.67 bits per heavy atom. The van der Waals surface area contributed by atoms with E-state index in [0.29, 0.717) is 21.9 Å². The molecule has 2 aromatic rings. The van der Waals surface area contributed by atoms with Crippen molar-refractivity contribution in [1.29, 1.82) is 0 Å². The minimum atomic E-state index is -0.408. The SMILES string of the molecule is CC(=NNC(=O)c1ccccc1Cl)c1cc(Br)ccc1O. The summed E-state index contributed by atoms with van der Waals surface area (Å²) in [5, 5.41) is 14.1. The fraction of sp³-hybridized carbons (Fsp3) is 0.0667. The van der Waals surface area contributed by atoms with Crippen molar-refractivity contribution in [3.8, 4) is 5.75 Å². The van der Waals surface area contributed by atoms with E-state index in [9.17, 15) is 9.90 Å². The third-order valence-corrected chi connectivity index (χ3v) is 3.61. The van der Waals surface area contributed by atoms with Crippen molar-refractivity contribution in [1.82, 2.24) is 5.43 Å². The molecule has 4 nitrogen and oxygen atoms in total. The van der Waals surface area contributed by atoms with Crippen LogP contribution in [0.1, 0.15) is 22.8 Å². The van der Waals surface area contributed by atoms with Gasteiger partial charge in [0.05, 0.1) is 16.3 Å². The van der Waals surface area contributed by atoms with Crippen LogP contribution in [0.2, 0.25) is 5.02 Å². The van der Waals surface area contributed by atoms with Crippen molar-refractivity contribution >= 4 is 39.1 Å². The summed E-state index contributed by atoms with van der Waals surface area (Å²) in [5.41, 5.74) is 3.78.